The summed E-state index contributed by atoms with van der Waals surface area (Å²) in [5, 5.41) is 22.5. The fraction of sp³-hybridized carbons (Fsp3) is 0.429. The number of aliphatic hydroxyl groups excluding tert-OH is 1. The van der Waals surface area contributed by atoms with E-state index >= 15 is 0 Å². The molecular weight excluding hydrogens is 464 g/mol. The van der Waals surface area contributed by atoms with Gasteiger partial charge in [0.15, 0.2) is 0 Å². The van der Waals surface area contributed by atoms with Crippen molar-refractivity contribution in [2.24, 2.45) is 11.8 Å². The van der Waals surface area contributed by atoms with Crippen molar-refractivity contribution in [3.8, 4) is 5.75 Å². The molecular formula is C28H33ClN2O4. The molecule has 6 nitrogen and oxygen atoms in total. The number of halogens is 1. The number of hydrogen-bond acceptors (Lipinski definition) is 5. The molecule has 1 fully saturated rings. The lowest BCUT2D eigenvalue weighted by Gasteiger charge is -2.37. The lowest BCUT2D eigenvalue weighted by Crippen LogP contribution is -2.44. The summed E-state index contributed by atoms with van der Waals surface area (Å²) in [6.07, 6.45) is 4.97. The van der Waals surface area contributed by atoms with Gasteiger partial charge in [0.1, 0.15) is 5.75 Å². The quantitative estimate of drug-likeness (QED) is 0.393. The van der Waals surface area contributed by atoms with Gasteiger partial charge in [0.05, 0.1) is 24.6 Å². The van der Waals surface area contributed by atoms with Crippen molar-refractivity contribution in [3.05, 3.63) is 70.9 Å². The molecule has 2 heterocycles. The monoisotopic (exact) mass is 496 g/mol. The standard InChI is InChI=1S/C28H33ClN2O4/c1-35-22-9-10-26-24(17-22)23(12-14-30-26)27(32)11-6-20-13-16-31(18-25(20)28(33)34)15-2-3-19-4-7-21(29)8-5-19/h4-5,7-10,12,14,17,20,25,27,32H,2-3,6,11,13,15-16,18H2,1H3,(H,33,34)/t20-,25+,27?/m1/s1. The second-order valence-corrected chi connectivity index (χ2v) is 9.84. The SMILES string of the molecule is COc1ccc2nccc(C(O)CC[C@@H]3CCN(CCCc4ccc(Cl)cc4)C[C@@H]3C(=O)O)c2c1. The first kappa shape index (κ1) is 25.4. The number of benzene rings is 2. The normalized spacial score (nSPS) is 19.5. The van der Waals surface area contributed by atoms with Gasteiger partial charge in [-0.15, -0.1) is 0 Å². The molecule has 0 bridgehead atoms. The fourth-order valence-electron chi connectivity index (χ4n) is 5.15. The van der Waals surface area contributed by atoms with Gasteiger partial charge in [0.2, 0.25) is 0 Å². The van der Waals surface area contributed by atoms with Crippen LogP contribution in [0, 0.1) is 11.8 Å². The third-order valence-corrected chi connectivity index (χ3v) is 7.41. The Morgan fingerprint density at radius 2 is 2.03 bits per heavy atom. The molecule has 0 aliphatic carbocycles. The van der Waals surface area contributed by atoms with Crippen LogP contribution in [-0.4, -0.2) is 52.8 Å². The Bertz CT molecular complexity index is 1140. The molecule has 2 N–H and O–H groups in total. The molecule has 1 saturated heterocycles. The molecule has 0 spiro atoms. The van der Waals surface area contributed by atoms with Gasteiger partial charge in [-0.25, -0.2) is 0 Å². The van der Waals surface area contributed by atoms with Crippen LogP contribution in [0.4, 0.5) is 0 Å². The van der Waals surface area contributed by atoms with E-state index < -0.39 is 18.0 Å². The number of methoxy groups -OCH3 is 1. The van der Waals surface area contributed by atoms with Crippen molar-refractivity contribution in [2.45, 2.75) is 38.2 Å². The number of ether oxygens (including phenoxy) is 1. The molecule has 186 valence electrons. The maximum atomic E-state index is 12.1. The number of aliphatic carboxylic acids is 1. The van der Waals surface area contributed by atoms with Crippen LogP contribution in [-0.2, 0) is 11.2 Å². The Kier molecular flexibility index (Phi) is 8.60. The molecule has 4 rings (SSSR count). The van der Waals surface area contributed by atoms with E-state index in [2.05, 4.69) is 9.88 Å². The number of piperidine rings is 1. The highest BCUT2D eigenvalue weighted by atomic mass is 35.5. The zero-order chi connectivity index (χ0) is 24.8. The summed E-state index contributed by atoms with van der Waals surface area (Å²) < 4.78 is 5.34. The summed E-state index contributed by atoms with van der Waals surface area (Å²) in [6, 6.07) is 15.4. The highest BCUT2D eigenvalue weighted by Gasteiger charge is 2.34. The smallest absolute Gasteiger partial charge is 0.308 e. The summed E-state index contributed by atoms with van der Waals surface area (Å²) in [5.74, 6) is -0.391. The van der Waals surface area contributed by atoms with Crippen molar-refractivity contribution < 1.29 is 19.7 Å². The molecule has 3 atom stereocenters. The number of likely N-dealkylation sites (tertiary alicyclic amines) is 1. The van der Waals surface area contributed by atoms with Gasteiger partial charge in [0.25, 0.3) is 0 Å². The molecule has 1 aromatic heterocycles. The highest BCUT2D eigenvalue weighted by Crippen LogP contribution is 2.33. The van der Waals surface area contributed by atoms with Crippen LogP contribution >= 0.6 is 11.6 Å². The summed E-state index contributed by atoms with van der Waals surface area (Å²) in [7, 11) is 1.61. The topological polar surface area (TPSA) is 82.9 Å². The van der Waals surface area contributed by atoms with E-state index in [9.17, 15) is 15.0 Å². The van der Waals surface area contributed by atoms with Gasteiger partial charge in [-0.1, -0.05) is 23.7 Å². The average molecular weight is 497 g/mol. The number of aliphatic hydroxyl groups is 1. The van der Waals surface area contributed by atoms with Crippen molar-refractivity contribution in [3.63, 3.8) is 0 Å². The van der Waals surface area contributed by atoms with Gasteiger partial charge in [0, 0.05) is 23.2 Å². The van der Waals surface area contributed by atoms with E-state index in [0.717, 1.165) is 53.8 Å². The van der Waals surface area contributed by atoms with Crippen LogP contribution in [0.15, 0.2) is 54.7 Å². The van der Waals surface area contributed by atoms with Crippen LogP contribution in [0.2, 0.25) is 5.02 Å². The molecule has 0 radical (unpaired) electrons. The number of pyridine rings is 1. The predicted molar refractivity (Wildman–Crippen MR) is 138 cm³/mol. The maximum absolute atomic E-state index is 12.1. The minimum atomic E-state index is -0.744. The first-order valence-electron chi connectivity index (χ1n) is 12.2. The van der Waals surface area contributed by atoms with Crippen LogP contribution < -0.4 is 4.74 Å². The van der Waals surface area contributed by atoms with E-state index in [1.54, 1.807) is 13.3 Å². The number of carbonyl (C=O) groups is 1. The maximum Gasteiger partial charge on any atom is 0.308 e. The number of carboxylic acids is 1. The zero-order valence-corrected chi connectivity index (χ0v) is 20.8. The molecule has 1 aliphatic heterocycles. The molecule has 0 saturated carbocycles. The molecule has 3 aromatic rings. The van der Waals surface area contributed by atoms with Crippen LogP contribution in [0.5, 0.6) is 5.75 Å². The minimum Gasteiger partial charge on any atom is -0.497 e. The minimum absolute atomic E-state index is 0.0531. The summed E-state index contributed by atoms with van der Waals surface area (Å²) in [6.45, 7) is 2.33. The fourth-order valence-corrected chi connectivity index (χ4v) is 5.27. The van der Waals surface area contributed by atoms with Gasteiger partial charge < -0.3 is 19.8 Å². The Morgan fingerprint density at radius 1 is 1.23 bits per heavy atom. The first-order valence-corrected chi connectivity index (χ1v) is 12.6. The van der Waals surface area contributed by atoms with E-state index in [1.807, 2.05) is 48.5 Å². The Morgan fingerprint density at radius 3 is 2.77 bits per heavy atom. The Hall–Kier alpha value is -2.67. The summed E-state index contributed by atoms with van der Waals surface area (Å²) >= 11 is 5.96. The molecule has 2 aromatic carbocycles. The van der Waals surface area contributed by atoms with Crippen molar-refractivity contribution in [1.82, 2.24) is 9.88 Å². The number of nitrogens with zero attached hydrogens (tertiary/aromatic N) is 2. The highest BCUT2D eigenvalue weighted by molar-refractivity contribution is 6.30. The predicted octanol–water partition coefficient (Wildman–Crippen LogP) is 5.37. The Balaban J connectivity index is 1.32. The van der Waals surface area contributed by atoms with E-state index in [4.69, 9.17) is 16.3 Å². The van der Waals surface area contributed by atoms with E-state index in [1.165, 1.54) is 5.56 Å². The number of carboxylic acid groups (broad SMARTS) is 1. The summed E-state index contributed by atoms with van der Waals surface area (Å²) in [5.41, 5.74) is 2.85. The van der Waals surface area contributed by atoms with Crippen molar-refractivity contribution >= 4 is 28.5 Å². The van der Waals surface area contributed by atoms with Gasteiger partial charge in [-0.05, 0) is 98.6 Å². The third-order valence-electron chi connectivity index (χ3n) is 7.16. The van der Waals surface area contributed by atoms with Gasteiger partial charge >= 0.3 is 5.97 Å². The molecule has 1 unspecified atom stereocenters. The lowest BCUT2D eigenvalue weighted by atomic mass is 9.81. The van der Waals surface area contributed by atoms with Crippen LogP contribution in [0.25, 0.3) is 10.9 Å². The van der Waals surface area contributed by atoms with Crippen molar-refractivity contribution in [1.29, 1.82) is 0 Å². The first-order chi connectivity index (χ1) is 16.9. The molecule has 35 heavy (non-hydrogen) atoms. The number of hydrogen-bond donors (Lipinski definition) is 2. The number of fused-ring (bicyclic) bond motifs is 1. The molecule has 7 heteroatoms. The third kappa shape index (κ3) is 6.51. The van der Waals surface area contributed by atoms with Crippen LogP contribution in [0.1, 0.15) is 42.9 Å². The van der Waals surface area contributed by atoms with Gasteiger partial charge in [-0.2, -0.15) is 0 Å². The second kappa shape index (κ2) is 11.8. The largest absolute Gasteiger partial charge is 0.497 e. The van der Waals surface area contributed by atoms with Gasteiger partial charge in [-0.3, -0.25) is 9.78 Å². The lowest BCUT2D eigenvalue weighted by molar-refractivity contribution is -0.146. The summed E-state index contributed by atoms with van der Waals surface area (Å²) in [4.78, 5) is 18.7. The molecule has 1 aliphatic rings. The van der Waals surface area contributed by atoms with Crippen LogP contribution in [0.3, 0.4) is 0 Å². The number of rotatable bonds is 10. The molecule has 0 amide bonds. The Labute approximate surface area is 211 Å². The number of aryl methyl sites for hydroxylation is 1. The van der Waals surface area contributed by atoms with E-state index in [0.29, 0.717) is 25.1 Å². The van der Waals surface area contributed by atoms with E-state index in [-0.39, 0.29) is 5.92 Å². The second-order valence-electron chi connectivity index (χ2n) is 9.40. The zero-order valence-electron chi connectivity index (χ0n) is 20.1. The van der Waals surface area contributed by atoms with Crippen molar-refractivity contribution in [2.75, 3.05) is 26.7 Å². The average Bonchev–Trinajstić information content (AvgIpc) is 2.88. The number of aromatic nitrogens is 1.